The molecule has 1 aromatic rings. The second kappa shape index (κ2) is 4.01. The van der Waals surface area contributed by atoms with Gasteiger partial charge in [-0.2, -0.15) is 0 Å². The molecule has 0 radical (unpaired) electrons. The predicted octanol–water partition coefficient (Wildman–Crippen LogP) is 0.777. The van der Waals surface area contributed by atoms with Crippen LogP contribution in [0.5, 0.6) is 0 Å². The zero-order chi connectivity index (χ0) is 12.0. The van der Waals surface area contributed by atoms with Crippen LogP contribution in [0, 0.1) is 5.92 Å². The van der Waals surface area contributed by atoms with Crippen molar-refractivity contribution in [2.24, 2.45) is 11.7 Å². The molecule has 1 saturated carbocycles. The molecule has 2 heterocycles. The molecule has 2 fully saturated rings. The van der Waals surface area contributed by atoms with Crippen molar-refractivity contribution < 1.29 is 13.9 Å². The maximum atomic E-state index is 11.9. The second-order valence-corrected chi connectivity index (χ2v) is 4.82. The average Bonchev–Trinajstić information content (AvgIpc) is 2.91. The van der Waals surface area contributed by atoms with Crippen molar-refractivity contribution in [2.45, 2.75) is 24.6 Å². The number of ether oxygens (including phenoxy) is 1. The van der Waals surface area contributed by atoms with E-state index in [9.17, 15) is 4.79 Å². The molecule has 5 nitrogen and oxygen atoms in total. The molecule has 0 aromatic carbocycles. The third-order valence-electron chi connectivity index (χ3n) is 3.61. The maximum absolute atomic E-state index is 11.9. The van der Waals surface area contributed by atoms with Gasteiger partial charge in [-0.3, -0.25) is 4.79 Å². The number of amides is 1. The summed E-state index contributed by atoms with van der Waals surface area (Å²) >= 11 is 5.74. The summed E-state index contributed by atoms with van der Waals surface area (Å²) in [7, 11) is 0. The Hall–Kier alpha value is -1.04. The minimum Gasteiger partial charge on any atom is -0.452 e. The summed E-state index contributed by atoms with van der Waals surface area (Å²) in [5, 5.41) is 2.94. The van der Waals surface area contributed by atoms with Gasteiger partial charge >= 0.3 is 0 Å². The van der Waals surface area contributed by atoms with Gasteiger partial charge in [0.2, 0.25) is 5.22 Å². The smallest absolute Gasteiger partial charge is 0.256 e. The first-order valence-electron chi connectivity index (χ1n) is 5.59. The molecule has 1 saturated heterocycles. The van der Waals surface area contributed by atoms with E-state index < -0.39 is 0 Å². The summed E-state index contributed by atoms with van der Waals surface area (Å²) in [6.07, 6.45) is 2.41. The van der Waals surface area contributed by atoms with Gasteiger partial charge in [0.05, 0.1) is 24.0 Å². The lowest BCUT2D eigenvalue weighted by molar-refractivity contribution is -0.0161. The third-order valence-corrected chi connectivity index (χ3v) is 3.90. The molecule has 3 rings (SSSR count). The van der Waals surface area contributed by atoms with E-state index in [0.29, 0.717) is 11.5 Å². The van der Waals surface area contributed by atoms with E-state index in [1.807, 2.05) is 0 Å². The lowest BCUT2D eigenvalue weighted by atomic mass is 9.72. The van der Waals surface area contributed by atoms with Gasteiger partial charge in [-0.25, -0.2) is 0 Å². The van der Waals surface area contributed by atoms with Crippen molar-refractivity contribution in [3.05, 3.63) is 23.1 Å². The highest BCUT2D eigenvalue weighted by atomic mass is 35.5. The first-order chi connectivity index (χ1) is 8.18. The molecule has 4 atom stereocenters. The molecule has 92 valence electrons. The molecule has 1 amide bonds. The van der Waals surface area contributed by atoms with Crippen LogP contribution in [0.4, 0.5) is 0 Å². The topological polar surface area (TPSA) is 77.5 Å². The lowest BCUT2D eigenvalue weighted by Crippen LogP contribution is -2.68. The Morgan fingerprint density at radius 3 is 3.12 bits per heavy atom. The van der Waals surface area contributed by atoms with E-state index in [1.165, 1.54) is 12.3 Å². The number of nitrogens with two attached hydrogens (primary N) is 1. The normalized spacial score (nSPS) is 35.2. The van der Waals surface area contributed by atoms with Gasteiger partial charge < -0.3 is 20.2 Å². The Bertz CT molecular complexity index is 448. The molecule has 0 bridgehead atoms. The van der Waals surface area contributed by atoms with Crippen molar-refractivity contribution in [1.82, 2.24) is 5.32 Å². The van der Waals surface area contributed by atoms with Crippen LogP contribution >= 0.6 is 11.6 Å². The summed E-state index contributed by atoms with van der Waals surface area (Å²) in [6, 6.07) is 1.38. The van der Waals surface area contributed by atoms with Crippen molar-refractivity contribution >= 4 is 17.5 Å². The summed E-state index contributed by atoms with van der Waals surface area (Å²) in [5.74, 6) is 0.110. The van der Waals surface area contributed by atoms with Crippen LogP contribution in [0.2, 0.25) is 5.22 Å². The fourth-order valence-electron chi connectivity index (χ4n) is 2.61. The van der Waals surface area contributed by atoms with E-state index >= 15 is 0 Å². The van der Waals surface area contributed by atoms with Crippen molar-refractivity contribution in [3.63, 3.8) is 0 Å². The van der Waals surface area contributed by atoms with Gasteiger partial charge in [0.1, 0.15) is 0 Å². The number of fused-ring (bicyclic) bond motifs is 1. The van der Waals surface area contributed by atoms with Crippen LogP contribution in [0.25, 0.3) is 0 Å². The molecular formula is C11H13ClN2O3. The highest BCUT2D eigenvalue weighted by Gasteiger charge is 2.52. The molecular weight excluding hydrogens is 244 g/mol. The Morgan fingerprint density at radius 1 is 1.59 bits per heavy atom. The Morgan fingerprint density at radius 2 is 2.41 bits per heavy atom. The van der Waals surface area contributed by atoms with Gasteiger partial charge in [0, 0.05) is 18.6 Å². The van der Waals surface area contributed by atoms with Gasteiger partial charge in [0.25, 0.3) is 5.91 Å². The second-order valence-electron chi connectivity index (χ2n) is 4.47. The molecule has 4 unspecified atom stereocenters. The Labute approximate surface area is 103 Å². The summed E-state index contributed by atoms with van der Waals surface area (Å²) < 4.78 is 10.4. The standard InChI is InChI=1S/C11H13ClN2O3/c12-10-6(2-4-17-10)11(15)14-8-7(13)5-1-3-16-9(5)8/h2,4-5,7-9H,1,3,13H2,(H,14,15). The zero-order valence-electron chi connectivity index (χ0n) is 9.06. The highest BCUT2D eigenvalue weighted by Crippen LogP contribution is 2.37. The van der Waals surface area contributed by atoms with Crippen LogP contribution in [0.15, 0.2) is 16.7 Å². The molecule has 1 aliphatic heterocycles. The number of carbonyl (C=O) groups is 1. The minimum absolute atomic E-state index is 0.0304. The third kappa shape index (κ3) is 1.66. The quantitative estimate of drug-likeness (QED) is 0.820. The number of nitrogens with one attached hydrogen (secondary N) is 1. The molecule has 2 aliphatic rings. The average molecular weight is 257 g/mol. The molecule has 6 heteroatoms. The van der Waals surface area contributed by atoms with Crippen LogP contribution in [0.1, 0.15) is 16.8 Å². The van der Waals surface area contributed by atoms with E-state index in [4.69, 9.17) is 26.5 Å². The molecule has 3 N–H and O–H groups in total. The Balaban J connectivity index is 1.68. The van der Waals surface area contributed by atoms with Gasteiger partial charge in [-0.15, -0.1) is 0 Å². The first-order valence-corrected chi connectivity index (χ1v) is 5.97. The van der Waals surface area contributed by atoms with E-state index in [-0.39, 0.29) is 29.3 Å². The SMILES string of the molecule is NC1C2CCOC2C1NC(=O)c1ccoc1Cl. The van der Waals surface area contributed by atoms with Gasteiger partial charge in [0.15, 0.2) is 0 Å². The number of rotatable bonds is 2. The maximum Gasteiger partial charge on any atom is 0.256 e. The van der Waals surface area contributed by atoms with Crippen molar-refractivity contribution in [3.8, 4) is 0 Å². The number of furan rings is 1. The van der Waals surface area contributed by atoms with E-state index in [2.05, 4.69) is 5.32 Å². The van der Waals surface area contributed by atoms with Gasteiger partial charge in [-0.05, 0) is 24.1 Å². The lowest BCUT2D eigenvalue weighted by Gasteiger charge is -2.45. The van der Waals surface area contributed by atoms with Crippen LogP contribution in [-0.2, 0) is 4.74 Å². The molecule has 1 aromatic heterocycles. The van der Waals surface area contributed by atoms with Crippen LogP contribution in [0.3, 0.4) is 0 Å². The fraction of sp³-hybridized carbons (Fsp3) is 0.545. The number of halogens is 1. The highest BCUT2D eigenvalue weighted by molar-refractivity contribution is 6.32. The number of carbonyl (C=O) groups excluding carboxylic acids is 1. The monoisotopic (exact) mass is 256 g/mol. The molecule has 1 aliphatic carbocycles. The number of hydrogen-bond acceptors (Lipinski definition) is 4. The Kier molecular flexibility index (Phi) is 2.61. The first kappa shape index (κ1) is 11.1. The van der Waals surface area contributed by atoms with Crippen molar-refractivity contribution in [1.29, 1.82) is 0 Å². The molecule has 17 heavy (non-hydrogen) atoms. The van der Waals surface area contributed by atoms with Crippen LogP contribution in [-0.4, -0.2) is 30.7 Å². The number of hydrogen-bond donors (Lipinski definition) is 2. The summed E-state index contributed by atoms with van der Waals surface area (Å²) in [4.78, 5) is 11.9. The zero-order valence-corrected chi connectivity index (χ0v) is 9.81. The minimum atomic E-state index is -0.266. The van der Waals surface area contributed by atoms with E-state index in [1.54, 1.807) is 0 Å². The van der Waals surface area contributed by atoms with Crippen LogP contribution < -0.4 is 11.1 Å². The largest absolute Gasteiger partial charge is 0.452 e. The summed E-state index contributed by atoms with van der Waals surface area (Å²) in [5.41, 5.74) is 6.33. The van der Waals surface area contributed by atoms with E-state index in [0.717, 1.165) is 13.0 Å². The molecule has 0 spiro atoms. The fourth-order valence-corrected chi connectivity index (χ4v) is 2.81. The van der Waals surface area contributed by atoms with Gasteiger partial charge in [-0.1, -0.05) is 0 Å². The predicted molar refractivity (Wildman–Crippen MR) is 60.8 cm³/mol. The summed E-state index contributed by atoms with van der Waals surface area (Å²) in [6.45, 7) is 0.724. The van der Waals surface area contributed by atoms with Crippen molar-refractivity contribution in [2.75, 3.05) is 6.61 Å².